The van der Waals surface area contributed by atoms with Crippen LogP contribution in [0.15, 0.2) is 6.07 Å². The summed E-state index contributed by atoms with van der Waals surface area (Å²) in [6, 6.07) is 2.29. The van der Waals surface area contributed by atoms with Crippen molar-refractivity contribution in [2.45, 2.75) is 65.8 Å². The number of hydrogen-bond donors (Lipinski definition) is 1. The van der Waals surface area contributed by atoms with Crippen LogP contribution in [0.5, 0.6) is 0 Å². The van der Waals surface area contributed by atoms with Crippen LogP contribution in [0.3, 0.4) is 0 Å². The Morgan fingerprint density at radius 3 is 2.58 bits per heavy atom. The molecule has 1 saturated carbocycles. The first kappa shape index (κ1) is 14.6. The number of nitrogens with two attached hydrogens (primary N) is 1. The minimum atomic E-state index is 0.324. The summed E-state index contributed by atoms with van der Waals surface area (Å²) in [5.74, 6) is 0.877. The van der Waals surface area contributed by atoms with Crippen molar-refractivity contribution in [2.75, 3.05) is 6.54 Å². The molecule has 108 valence electrons. The maximum Gasteiger partial charge on any atom is 0.0624 e. The monoisotopic (exact) mass is 263 g/mol. The fraction of sp³-hybridized carbons (Fsp3) is 0.812. The van der Waals surface area contributed by atoms with Gasteiger partial charge in [0.15, 0.2) is 0 Å². The highest BCUT2D eigenvalue weighted by molar-refractivity contribution is 5.13. The third kappa shape index (κ3) is 3.19. The van der Waals surface area contributed by atoms with Gasteiger partial charge in [0.2, 0.25) is 0 Å². The first-order valence-corrected chi connectivity index (χ1v) is 7.88. The van der Waals surface area contributed by atoms with Gasteiger partial charge in [-0.15, -0.1) is 0 Å². The maximum atomic E-state index is 6.13. The molecule has 3 heteroatoms. The second kappa shape index (κ2) is 6.08. The molecule has 0 bridgehead atoms. The summed E-state index contributed by atoms with van der Waals surface area (Å²) in [6.07, 6.45) is 7.35. The van der Waals surface area contributed by atoms with Crippen molar-refractivity contribution >= 4 is 0 Å². The fourth-order valence-corrected chi connectivity index (χ4v) is 3.32. The summed E-state index contributed by atoms with van der Waals surface area (Å²) in [6.45, 7) is 8.50. The van der Waals surface area contributed by atoms with Gasteiger partial charge in [0.25, 0.3) is 0 Å². The summed E-state index contributed by atoms with van der Waals surface area (Å²) in [5.41, 5.74) is 9.06. The minimum absolute atomic E-state index is 0.324. The van der Waals surface area contributed by atoms with Gasteiger partial charge in [-0.3, -0.25) is 4.68 Å². The molecule has 0 amide bonds. The molecule has 1 aromatic heterocycles. The third-order valence-corrected chi connectivity index (χ3v) is 4.90. The second-order valence-corrected chi connectivity index (χ2v) is 6.36. The topological polar surface area (TPSA) is 43.8 Å². The summed E-state index contributed by atoms with van der Waals surface area (Å²) >= 11 is 0. The van der Waals surface area contributed by atoms with Crippen molar-refractivity contribution in [1.82, 2.24) is 9.78 Å². The zero-order valence-electron chi connectivity index (χ0n) is 12.8. The smallest absolute Gasteiger partial charge is 0.0624 e. The molecule has 2 rings (SSSR count). The van der Waals surface area contributed by atoms with Crippen molar-refractivity contribution < 1.29 is 0 Å². The molecule has 0 aliphatic heterocycles. The van der Waals surface area contributed by atoms with Crippen LogP contribution in [0, 0.1) is 11.3 Å². The molecule has 0 radical (unpaired) electrons. The van der Waals surface area contributed by atoms with Crippen LogP contribution in [0.25, 0.3) is 0 Å². The number of hydrogen-bond acceptors (Lipinski definition) is 2. The Balaban J connectivity index is 2.15. The normalized spacial score (nSPS) is 27.7. The van der Waals surface area contributed by atoms with Crippen molar-refractivity contribution in [1.29, 1.82) is 0 Å². The van der Waals surface area contributed by atoms with E-state index < -0.39 is 0 Å². The molecule has 3 nitrogen and oxygen atoms in total. The highest BCUT2D eigenvalue weighted by atomic mass is 15.3. The Kier molecular flexibility index (Phi) is 4.67. The van der Waals surface area contributed by atoms with E-state index in [-0.39, 0.29) is 0 Å². The van der Waals surface area contributed by atoms with E-state index in [2.05, 4.69) is 36.6 Å². The molecule has 1 aromatic rings. The van der Waals surface area contributed by atoms with Crippen LogP contribution in [0.2, 0.25) is 0 Å². The van der Waals surface area contributed by atoms with Crippen LogP contribution < -0.4 is 5.73 Å². The van der Waals surface area contributed by atoms with Crippen LogP contribution in [-0.4, -0.2) is 16.3 Å². The average molecular weight is 263 g/mol. The number of aromatic nitrogens is 2. The zero-order valence-corrected chi connectivity index (χ0v) is 12.8. The molecular formula is C16H29N3. The standard InChI is InChI=1S/C16H29N3/c1-4-14-10-15(19(5-2)18-14)11-16(12-17)8-6-13(3)7-9-16/h10,13H,4-9,11-12,17H2,1-3H3. The van der Waals surface area contributed by atoms with Crippen LogP contribution in [-0.2, 0) is 19.4 Å². The van der Waals surface area contributed by atoms with Gasteiger partial charge in [0, 0.05) is 12.2 Å². The Hall–Kier alpha value is -0.830. The molecule has 0 unspecified atom stereocenters. The lowest BCUT2D eigenvalue weighted by atomic mass is 9.68. The molecule has 1 fully saturated rings. The van der Waals surface area contributed by atoms with E-state index in [1.54, 1.807) is 0 Å². The SMILES string of the molecule is CCc1cc(CC2(CN)CCC(C)CC2)n(CC)n1. The van der Waals surface area contributed by atoms with Crippen molar-refractivity contribution in [3.05, 3.63) is 17.5 Å². The molecule has 0 spiro atoms. The summed E-state index contributed by atoms with van der Waals surface area (Å²) in [7, 11) is 0. The van der Waals surface area contributed by atoms with Crippen LogP contribution in [0.4, 0.5) is 0 Å². The largest absolute Gasteiger partial charge is 0.330 e. The molecule has 0 atom stereocenters. The highest BCUT2D eigenvalue weighted by Gasteiger charge is 2.34. The van der Waals surface area contributed by atoms with Gasteiger partial charge in [-0.2, -0.15) is 5.10 Å². The number of aryl methyl sites for hydroxylation is 2. The summed E-state index contributed by atoms with van der Waals surface area (Å²) < 4.78 is 2.17. The molecule has 0 aromatic carbocycles. The van der Waals surface area contributed by atoms with Crippen LogP contribution in [0.1, 0.15) is 57.8 Å². The summed E-state index contributed by atoms with van der Waals surface area (Å²) in [4.78, 5) is 0. The zero-order chi connectivity index (χ0) is 13.9. The first-order chi connectivity index (χ1) is 9.12. The Labute approximate surface area is 117 Å². The van der Waals surface area contributed by atoms with E-state index in [9.17, 15) is 0 Å². The van der Waals surface area contributed by atoms with Crippen molar-refractivity contribution in [2.24, 2.45) is 17.1 Å². The van der Waals surface area contributed by atoms with E-state index in [0.717, 1.165) is 31.8 Å². The van der Waals surface area contributed by atoms with Gasteiger partial charge < -0.3 is 5.73 Å². The van der Waals surface area contributed by atoms with Crippen molar-refractivity contribution in [3.8, 4) is 0 Å². The number of nitrogens with zero attached hydrogens (tertiary/aromatic N) is 2. The van der Waals surface area contributed by atoms with Crippen LogP contribution >= 0.6 is 0 Å². The van der Waals surface area contributed by atoms with E-state index in [4.69, 9.17) is 5.73 Å². The summed E-state index contributed by atoms with van der Waals surface area (Å²) in [5, 5.41) is 4.67. The first-order valence-electron chi connectivity index (χ1n) is 7.88. The Bertz CT molecular complexity index is 400. The van der Waals surface area contributed by atoms with Gasteiger partial charge in [-0.25, -0.2) is 0 Å². The molecule has 1 heterocycles. The lowest BCUT2D eigenvalue weighted by molar-refractivity contribution is 0.160. The maximum absolute atomic E-state index is 6.13. The van der Waals surface area contributed by atoms with Gasteiger partial charge in [-0.05, 0) is 56.6 Å². The lowest BCUT2D eigenvalue weighted by Gasteiger charge is -2.38. The van der Waals surface area contributed by atoms with Gasteiger partial charge in [0.05, 0.1) is 5.69 Å². The average Bonchev–Trinajstić information content (AvgIpc) is 2.83. The van der Waals surface area contributed by atoms with Gasteiger partial charge in [0.1, 0.15) is 0 Å². The highest BCUT2D eigenvalue weighted by Crippen LogP contribution is 2.40. The number of rotatable bonds is 5. The molecule has 19 heavy (non-hydrogen) atoms. The Morgan fingerprint density at radius 1 is 1.37 bits per heavy atom. The molecular weight excluding hydrogens is 234 g/mol. The molecule has 1 aliphatic rings. The quantitative estimate of drug-likeness (QED) is 0.887. The third-order valence-electron chi connectivity index (χ3n) is 4.90. The van der Waals surface area contributed by atoms with E-state index in [0.29, 0.717) is 5.41 Å². The molecule has 2 N–H and O–H groups in total. The minimum Gasteiger partial charge on any atom is -0.330 e. The Morgan fingerprint density at radius 2 is 2.05 bits per heavy atom. The molecule has 1 aliphatic carbocycles. The predicted molar refractivity (Wildman–Crippen MR) is 80.1 cm³/mol. The van der Waals surface area contributed by atoms with Crippen molar-refractivity contribution in [3.63, 3.8) is 0 Å². The van der Waals surface area contributed by atoms with E-state index in [1.165, 1.54) is 37.1 Å². The lowest BCUT2D eigenvalue weighted by Crippen LogP contribution is -2.37. The van der Waals surface area contributed by atoms with E-state index >= 15 is 0 Å². The second-order valence-electron chi connectivity index (χ2n) is 6.36. The predicted octanol–water partition coefficient (Wildman–Crippen LogP) is 3.16. The van der Waals surface area contributed by atoms with E-state index in [1.807, 2.05) is 0 Å². The fourth-order valence-electron chi connectivity index (χ4n) is 3.32. The van der Waals surface area contributed by atoms with Gasteiger partial charge >= 0.3 is 0 Å². The van der Waals surface area contributed by atoms with Gasteiger partial charge in [-0.1, -0.05) is 26.7 Å². The molecule has 0 saturated heterocycles.